The van der Waals surface area contributed by atoms with Crippen molar-refractivity contribution >= 4 is 16.7 Å². The van der Waals surface area contributed by atoms with Crippen molar-refractivity contribution in [2.75, 3.05) is 5.73 Å². The molecule has 21 heavy (non-hydrogen) atoms. The van der Waals surface area contributed by atoms with Crippen LogP contribution in [0.3, 0.4) is 0 Å². The zero-order valence-corrected chi connectivity index (χ0v) is 13.1. The summed E-state index contributed by atoms with van der Waals surface area (Å²) in [6.45, 7) is 2.23. The Labute approximate surface area is 127 Å². The van der Waals surface area contributed by atoms with Crippen LogP contribution >= 0.6 is 0 Å². The Morgan fingerprint density at radius 1 is 1.14 bits per heavy atom. The summed E-state index contributed by atoms with van der Waals surface area (Å²) >= 11 is 0. The quantitative estimate of drug-likeness (QED) is 0.819. The molecule has 3 rings (SSSR count). The first kappa shape index (κ1) is 14.4. The van der Waals surface area contributed by atoms with Gasteiger partial charge in [-0.1, -0.05) is 39.0 Å². The summed E-state index contributed by atoms with van der Waals surface area (Å²) in [6, 6.07) is 6.82. The van der Waals surface area contributed by atoms with E-state index in [4.69, 9.17) is 10.7 Å². The highest BCUT2D eigenvalue weighted by atomic mass is 15.1. The van der Waals surface area contributed by atoms with Crippen LogP contribution in [0.1, 0.15) is 70.2 Å². The van der Waals surface area contributed by atoms with Crippen LogP contribution in [0.15, 0.2) is 18.2 Å². The molecule has 3 heteroatoms. The van der Waals surface area contributed by atoms with E-state index in [9.17, 15) is 0 Å². The van der Waals surface area contributed by atoms with E-state index in [1.54, 1.807) is 0 Å². The number of imidazole rings is 1. The molecule has 1 fully saturated rings. The smallest absolute Gasteiger partial charge is 0.110 e. The fraction of sp³-hybridized carbons (Fsp3) is 0.611. The number of hydrogen-bond acceptors (Lipinski definition) is 2. The number of nitrogens with two attached hydrogens (primary N) is 1. The predicted octanol–water partition coefficient (Wildman–Crippen LogP) is 4.86. The molecule has 1 aliphatic carbocycles. The Morgan fingerprint density at radius 3 is 2.57 bits per heavy atom. The lowest BCUT2D eigenvalue weighted by atomic mass is 9.96. The Balaban J connectivity index is 2.02. The van der Waals surface area contributed by atoms with Crippen molar-refractivity contribution < 1.29 is 0 Å². The number of nitrogen functional groups attached to an aromatic ring is 1. The lowest BCUT2D eigenvalue weighted by Crippen LogP contribution is -2.14. The van der Waals surface area contributed by atoms with Crippen molar-refractivity contribution in [3.8, 4) is 0 Å². The maximum Gasteiger partial charge on any atom is 0.110 e. The van der Waals surface area contributed by atoms with Crippen molar-refractivity contribution in [1.29, 1.82) is 0 Å². The van der Waals surface area contributed by atoms with Gasteiger partial charge in [-0.2, -0.15) is 0 Å². The van der Waals surface area contributed by atoms with Gasteiger partial charge in [-0.25, -0.2) is 4.98 Å². The van der Waals surface area contributed by atoms with Gasteiger partial charge in [0.05, 0.1) is 11.0 Å². The van der Waals surface area contributed by atoms with Gasteiger partial charge < -0.3 is 10.3 Å². The van der Waals surface area contributed by atoms with Crippen molar-refractivity contribution in [2.24, 2.45) is 0 Å². The Morgan fingerprint density at radius 2 is 1.86 bits per heavy atom. The number of benzene rings is 1. The second-order valence-electron chi connectivity index (χ2n) is 6.40. The van der Waals surface area contributed by atoms with Gasteiger partial charge in [-0.3, -0.25) is 0 Å². The third kappa shape index (κ3) is 3.07. The summed E-state index contributed by atoms with van der Waals surface area (Å²) in [5.41, 5.74) is 9.09. The number of hydrogen-bond donors (Lipinski definition) is 1. The molecule has 0 bridgehead atoms. The molecule has 1 heterocycles. The van der Waals surface area contributed by atoms with Crippen LogP contribution in [-0.4, -0.2) is 9.55 Å². The third-order valence-corrected chi connectivity index (χ3v) is 4.70. The van der Waals surface area contributed by atoms with E-state index in [1.165, 1.54) is 56.3 Å². The van der Waals surface area contributed by atoms with Gasteiger partial charge in [0.15, 0.2) is 0 Å². The van der Waals surface area contributed by atoms with Crippen LogP contribution in [-0.2, 0) is 6.42 Å². The zero-order chi connectivity index (χ0) is 14.7. The molecule has 1 aromatic heterocycles. The first-order valence-electron chi connectivity index (χ1n) is 8.56. The highest BCUT2D eigenvalue weighted by Gasteiger charge is 2.19. The van der Waals surface area contributed by atoms with Crippen LogP contribution < -0.4 is 5.73 Å². The van der Waals surface area contributed by atoms with Crippen molar-refractivity contribution in [1.82, 2.24) is 9.55 Å². The second kappa shape index (κ2) is 6.50. The highest BCUT2D eigenvalue weighted by molar-refractivity contribution is 5.79. The van der Waals surface area contributed by atoms with Gasteiger partial charge >= 0.3 is 0 Å². The Bertz CT molecular complexity index is 592. The van der Waals surface area contributed by atoms with Crippen LogP contribution in [0.25, 0.3) is 11.0 Å². The molecule has 0 amide bonds. The topological polar surface area (TPSA) is 43.8 Å². The van der Waals surface area contributed by atoms with Gasteiger partial charge in [0.25, 0.3) is 0 Å². The van der Waals surface area contributed by atoms with Crippen molar-refractivity contribution in [2.45, 2.75) is 70.8 Å². The predicted molar refractivity (Wildman–Crippen MR) is 89.5 cm³/mol. The molecule has 0 aliphatic heterocycles. The minimum absolute atomic E-state index is 0.625. The Kier molecular flexibility index (Phi) is 4.47. The highest BCUT2D eigenvalue weighted by Crippen LogP contribution is 2.32. The largest absolute Gasteiger partial charge is 0.399 e. The number of aromatic nitrogens is 2. The molecule has 3 nitrogen and oxygen atoms in total. The number of rotatable bonds is 3. The molecule has 1 aliphatic rings. The van der Waals surface area contributed by atoms with Crippen LogP contribution in [0.5, 0.6) is 0 Å². The molecule has 0 spiro atoms. The summed E-state index contributed by atoms with van der Waals surface area (Å²) < 4.78 is 2.53. The standard InChI is InChI=1S/C18H27N3/c1-2-8-18-20-16-13-14(19)11-12-17(16)21(18)15-9-6-4-3-5-7-10-15/h11-13,15H,2-10,19H2,1H3. The minimum atomic E-state index is 0.625. The fourth-order valence-electron chi connectivity index (χ4n) is 3.67. The maximum atomic E-state index is 5.93. The fourth-order valence-corrected chi connectivity index (χ4v) is 3.67. The van der Waals surface area contributed by atoms with E-state index in [1.807, 2.05) is 12.1 Å². The molecule has 0 saturated heterocycles. The average Bonchev–Trinajstić information content (AvgIpc) is 2.76. The minimum Gasteiger partial charge on any atom is -0.399 e. The molecule has 1 saturated carbocycles. The maximum absolute atomic E-state index is 5.93. The Hall–Kier alpha value is -1.51. The van der Waals surface area contributed by atoms with Crippen LogP contribution in [0.2, 0.25) is 0 Å². The molecule has 1 aromatic carbocycles. The summed E-state index contributed by atoms with van der Waals surface area (Å²) in [5, 5.41) is 0. The first-order chi connectivity index (χ1) is 10.3. The van der Waals surface area contributed by atoms with E-state index in [0.717, 1.165) is 24.0 Å². The zero-order valence-electron chi connectivity index (χ0n) is 13.1. The molecule has 114 valence electrons. The molecular formula is C18H27N3. The average molecular weight is 285 g/mol. The number of fused-ring (bicyclic) bond motifs is 1. The van der Waals surface area contributed by atoms with Gasteiger partial charge in [0, 0.05) is 18.2 Å². The second-order valence-corrected chi connectivity index (χ2v) is 6.40. The summed E-state index contributed by atoms with van der Waals surface area (Å²) in [6.07, 6.45) is 11.7. The van der Waals surface area contributed by atoms with Crippen molar-refractivity contribution in [3.05, 3.63) is 24.0 Å². The van der Waals surface area contributed by atoms with Gasteiger partial charge in [0.1, 0.15) is 5.82 Å². The normalized spacial score (nSPS) is 17.8. The summed E-state index contributed by atoms with van der Waals surface area (Å²) in [5.74, 6) is 1.25. The number of aryl methyl sites for hydroxylation is 1. The molecule has 2 aromatic rings. The van der Waals surface area contributed by atoms with Gasteiger partial charge in [-0.15, -0.1) is 0 Å². The molecule has 0 radical (unpaired) electrons. The van der Waals surface area contributed by atoms with E-state index in [-0.39, 0.29) is 0 Å². The summed E-state index contributed by atoms with van der Waals surface area (Å²) in [7, 11) is 0. The molecule has 0 unspecified atom stereocenters. The molecule has 2 N–H and O–H groups in total. The lowest BCUT2D eigenvalue weighted by molar-refractivity contribution is 0.370. The van der Waals surface area contributed by atoms with Gasteiger partial charge in [0.2, 0.25) is 0 Å². The van der Waals surface area contributed by atoms with Crippen LogP contribution in [0, 0.1) is 0 Å². The molecular weight excluding hydrogens is 258 g/mol. The molecule has 0 atom stereocenters. The van der Waals surface area contributed by atoms with Crippen molar-refractivity contribution in [3.63, 3.8) is 0 Å². The monoisotopic (exact) mass is 285 g/mol. The van der Waals surface area contributed by atoms with Crippen LogP contribution in [0.4, 0.5) is 5.69 Å². The van der Waals surface area contributed by atoms with E-state index in [0.29, 0.717) is 6.04 Å². The van der Waals surface area contributed by atoms with E-state index < -0.39 is 0 Å². The SMILES string of the molecule is CCCc1nc2cc(N)ccc2n1C1CCCCCCC1. The lowest BCUT2D eigenvalue weighted by Gasteiger charge is -2.24. The number of anilines is 1. The van der Waals surface area contributed by atoms with E-state index >= 15 is 0 Å². The first-order valence-corrected chi connectivity index (χ1v) is 8.56. The number of nitrogens with zero attached hydrogens (tertiary/aromatic N) is 2. The van der Waals surface area contributed by atoms with E-state index in [2.05, 4.69) is 17.6 Å². The third-order valence-electron chi connectivity index (χ3n) is 4.70. The van der Waals surface area contributed by atoms with Gasteiger partial charge in [-0.05, 0) is 37.5 Å². The summed E-state index contributed by atoms with van der Waals surface area (Å²) in [4.78, 5) is 4.88.